The largest absolute Gasteiger partial charge is 0.351 e. The fraction of sp³-hybridized carbons (Fsp3) is 0.600. The summed E-state index contributed by atoms with van der Waals surface area (Å²) in [7, 11) is 0. The molecule has 1 atom stereocenters. The van der Waals surface area contributed by atoms with Gasteiger partial charge in [0.05, 0.1) is 4.92 Å². The Hall–Kier alpha value is -2.20. The Labute approximate surface area is 129 Å². The minimum Gasteiger partial charge on any atom is -0.351 e. The van der Waals surface area contributed by atoms with Crippen molar-refractivity contribution >= 4 is 11.5 Å². The summed E-state index contributed by atoms with van der Waals surface area (Å²) in [4.78, 5) is 16.9. The van der Waals surface area contributed by atoms with Gasteiger partial charge in [-0.25, -0.2) is 4.98 Å². The maximum Gasteiger partial charge on any atom is 0.329 e. The fourth-order valence-electron chi connectivity index (χ4n) is 3.57. The third kappa shape index (κ3) is 2.74. The molecule has 2 fully saturated rings. The number of hydrogen-bond donors (Lipinski definition) is 1. The summed E-state index contributed by atoms with van der Waals surface area (Å²) in [5.41, 5.74) is -0.0861. The van der Waals surface area contributed by atoms with E-state index in [4.69, 9.17) is 5.26 Å². The zero-order valence-electron chi connectivity index (χ0n) is 12.4. The number of nitriles is 1. The van der Waals surface area contributed by atoms with Gasteiger partial charge in [0, 0.05) is 25.3 Å². The molecule has 0 saturated carbocycles. The number of nitrogens with zero attached hydrogens (tertiary/aromatic N) is 4. The smallest absolute Gasteiger partial charge is 0.329 e. The van der Waals surface area contributed by atoms with Gasteiger partial charge in [0.25, 0.3) is 0 Å². The molecule has 116 valence electrons. The summed E-state index contributed by atoms with van der Waals surface area (Å²) < 4.78 is 0. The van der Waals surface area contributed by atoms with Gasteiger partial charge in [0.15, 0.2) is 0 Å². The summed E-state index contributed by atoms with van der Waals surface area (Å²) in [6.45, 7) is 2.61. The van der Waals surface area contributed by atoms with Crippen LogP contribution < -0.4 is 10.2 Å². The molecule has 7 nitrogen and oxygen atoms in total. The van der Waals surface area contributed by atoms with Crippen LogP contribution >= 0.6 is 0 Å². The van der Waals surface area contributed by atoms with Gasteiger partial charge in [0.1, 0.15) is 11.6 Å². The molecule has 1 aromatic rings. The van der Waals surface area contributed by atoms with Gasteiger partial charge in [-0.05, 0) is 44.2 Å². The van der Waals surface area contributed by atoms with Crippen molar-refractivity contribution in [3.8, 4) is 6.07 Å². The first kappa shape index (κ1) is 14.7. The number of nitro groups is 1. The Bertz CT molecular complexity index is 598. The number of piperidine rings is 1. The van der Waals surface area contributed by atoms with Crippen LogP contribution in [0.2, 0.25) is 0 Å². The van der Waals surface area contributed by atoms with E-state index in [1.165, 1.54) is 25.1 Å². The van der Waals surface area contributed by atoms with Crippen LogP contribution in [-0.2, 0) is 0 Å². The van der Waals surface area contributed by atoms with E-state index >= 15 is 0 Å². The highest BCUT2D eigenvalue weighted by Crippen LogP contribution is 2.33. The highest BCUT2D eigenvalue weighted by Gasteiger charge is 2.32. The van der Waals surface area contributed by atoms with E-state index in [1.54, 1.807) is 0 Å². The third-order valence-electron chi connectivity index (χ3n) is 4.71. The molecule has 1 unspecified atom stereocenters. The second-order valence-corrected chi connectivity index (χ2v) is 5.93. The van der Waals surface area contributed by atoms with Crippen LogP contribution in [0.3, 0.4) is 0 Å². The lowest BCUT2D eigenvalue weighted by Crippen LogP contribution is -2.41. The third-order valence-corrected chi connectivity index (χ3v) is 4.71. The van der Waals surface area contributed by atoms with Gasteiger partial charge in [-0.15, -0.1) is 0 Å². The number of rotatable bonds is 3. The van der Waals surface area contributed by atoms with Gasteiger partial charge < -0.3 is 10.2 Å². The van der Waals surface area contributed by atoms with Crippen LogP contribution in [0.4, 0.5) is 11.5 Å². The average molecular weight is 301 g/mol. The molecule has 1 N–H and O–H groups in total. The zero-order chi connectivity index (χ0) is 15.5. The molecule has 1 aromatic heterocycles. The second-order valence-electron chi connectivity index (χ2n) is 5.93. The summed E-state index contributed by atoms with van der Waals surface area (Å²) in [6.07, 6.45) is 5.96. The number of anilines is 1. The summed E-state index contributed by atoms with van der Waals surface area (Å²) >= 11 is 0. The minimum atomic E-state index is -0.495. The molecule has 2 aliphatic rings. The summed E-state index contributed by atoms with van der Waals surface area (Å²) in [5.74, 6) is 0.971. The lowest BCUT2D eigenvalue weighted by Gasteiger charge is -2.35. The topological polar surface area (TPSA) is 95.1 Å². The van der Waals surface area contributed by atoms with Crippen molar-refractivity contribution in [3.05, 3.63) is 27.9 Å². The Morgan fingerprint density at radius 3 is 2.77 bits per heavy atom. The van der Waals surface area contributed by atoms with E-state index < -0.39 is 4.92 Å². The highest BCUT2D eigenvalue weighted by atomic mass is 16.6. The van der Waals surface area contributed by atoms with Crippen molar-refractivity contribution in [2.75, 3.05) is 24.5 Å². The van der Waals surface area contributed by atoms with Crippen molar-refractivity contribution in [2.24, 2.45) is 5.92 Å². The van der Waals surface area contributed by atoms with E-state index in [9.17, 15) is 10.1 Å². The zero-order valence-corrected chi connectivity index (χ0v) is 12.4. The van der Waals surface area contributed by atoms with Crippen molar-refractivity contribution in [3.63, 3.8) is 0 Å². The standard InChI is InChI=1S/C15H19N5O2/c16-10-12-3-7-18-15(14(12)20(21)22)19-8-4-11(5-9-19)13-2-1-6-17-13/h3,7,11,13,17H,1-2,4-6,8-9H2. The van der Waals surface area contributed by atoms with Gasteiger partial charge in [-0.2, -0.15) is 5.26 Å². The molecule has 3 rings (SSSR count). The predicted octanol–water partition coefficient (Wildman–Crippen LogP) is 1.83. The Balaban J connectivity index is 1.76. The van der Waals surface area contributed by atoms with Crippen LogP contribution in [0.1, 0.15) is 31.2 Å². The molecular formula is C15H19N5O2. The van der Waals surface area contributed by atoms with Crippen LogP contribution in [0.5, 0.6) is 0 Å². The fourth-order valence-corrected chi connectivity index (χ4v) is 3.57. The predicted molar refractivity (Wildman–Crippen MR) is 81.6 cm³/mol. The molecule has 22 heavy (non-hydrogen) atoms. The molecule has 0 bridgehead atoms. The summed E-state index contributed by atoms with van der Waals surface area (Å²) in [5, 5.41) is 23.9. The van der Waals surface area contributed by atoms with E-state index in [0.29, 0.717) is 17.8 Å². The molecule has 0 radical (unpaired) electrons. The Morgan fingerprint density at radius 1 is 1.41 bits per heavy atom. The van der Waals surface area contributed by atoms with E-state index in [1.807, 2.05) is 11.0 Å². The van der Waals surface area contributed by atoms with Gasteiger partial charge in [0.2, 0.25) is 5.82 Å². The van der Waals surface area contributed by atoms with Gasteiger partial charge >= 0.3 is 5.69 Å². The number of nitrogens with one attached hydrogen (secondary N) is 1. The Morgan fingerprint density at radius 2 is 2.18 bits per heavy atom. The normalized spacial score (nSPS) is 22.5. The van der Waals surface area contributed by atoms with E-state index in [-0.39, 0.29) is 11.3 Å². The molecule has 0 aliphatic carbocycles. The average Bonchev–Trinajstić information content (AvgIpc) is 3.08. The molecule has 2 aliphatic heterocycles. The first-order chi connectivity index (χ1) is 10.7. The van der Waals surface area contributed by atoms with E-state index in [2.05, 4.69) is 10.3 Å². The van der Waals surface area contributed by atoms with Crippen molar-refractivity contribution in [2.45, 2.75) is 31.7 Å². The highest BCUT2D eigenvalue weighted by molar-refractivity contribution is 5.65. The van der Waals surface area contributed by atoms with Crippen molar-refractivity contribution in [1.29, 1.82) is 5.26 Å². The molecule has 0 spiro atoms. The van der Waals surface area contributed by atoms with Crippen molar-refractivity contribution < 1.29 is 4.92 Å². The number of aromatic nitrogens is 1. The van der Waals surface area contributed by atoms with Crippen LogP contribution in [-0.4, -0.2) is 35.6 Å². The minimum absolute atomic E-state index is 0.0783. The molecule has 7 heteroatoms. The Kier molecular flexibility index (Phi) is 4.20. The lowest BCUT2D eigenvalue weighted by molar-refractivity contribution is -0.384. The lowest BCUT2D eigenvalue weighted by atomic mass is 9.88. The number of pyridine rings is 1. The maximum absolute atomic E-state index is 11.3. The van der Waals surface area contributed by atoms with Crippen LogP contribution in [0.15, 0.2) is 12.3 Å². The van der Waals surface area contributed by atoms with Crippen LogP contribution in [0, 0.1) is 27.4 Å². The SMILES string of the molecule is N#Cc1ccnc(N2CCC(C3CCCN3)CC2)c1[N+](=O)[O-]. The van der Waals surface area contributed by atoms with Crippen LogP contribution in [0.25, 0.3) is 0 Å². The molecule has 0 aromatic carbocycles. The number of hydrogen-bond acceptors (Lipinski definition) is 6. The van der Waals surface area contributed by atoms with E-state index in [0.717, 1.165) is 32.5 Å². The molecular weight excluding hydrogens is 282 g/mol. The second kappa shape index (κ2) is 6.28. The molecule has 0 amide bonds. The maximum atomic E-state index is 11.3. The monoisotopic (exact) mass is 301 g/mol. The van der Waals surface area contributed by atoms with Gasteiger partial charge in [-0.1, -0.05) is 0 Å². The first-order valence-electron chi connectivity index (χ1n) is 7.72. The molecule has 2 saturated heterocycles. The first-order valence-corrected chi connectivity index (χ1v) is 7.72. The quantitative estimate of drug-likeness (QED) is 0.676. The summed E-state index contributed by atoms with van der Waals surface area (Å²) in [6, 6.07) is 3.88. The molecule has 3 heterocycles. The van der Waals surface area contributed by atoms with Gasteiger partial charge in [-0.3, -0.25) is 10.1 Å². The van der Waals surface area contributed by atoms with Crippen molar-refractivity contribution in [1.82, 2.24) is 10.3 Å².